The second kappa shape index (κ2) is 7.16. The maximum Gasteiger partial charge on any atom is 0.319 e. The molecule has 4 nitrogen and oxygen atoms in total. The lowest BCUT2D eigenvalue weighted by molar-refractivity contribution is 0.213. The molecule has 0 atom stereocenters. The molecule has 0 unspecified atom stereocenters. The number of halogens is 2. The van der Waals surface area contributed by atoms with Crippen LogP contribution in [-0.2, 0) is 0 Å². The van der Waals surface area contributed by atoms with E-state index in [9.17, 15) is 4.79 Å². The molecular weight excluding hydrogens is 297 g/mol. The Bertz CT molecular complexity index is 473. The fourth-order valence-corrected chi connectivity index (χ4v) is 2.60. The van der Waals surface area contributed by atoms with Gasteiger partial charge in [-0.1, -0.05) is 23.2 Å². The largest absolute Gasteiger partial charge is 0.338 e. The van der Waals surface area contributed by atoms with Crippen LogP contribution in [0, 0.1) is 5.92 Å². The van der Waals surface area contributed by atoms with Gasteiger partial charge in [0.1, 0.15) is 0 Å². The van der Waals surface area contributed by atoms with E-state index in [4.69, 9.17) is 23.2 Å². The van der Waals surface area contributed by atoms with E-state index >= 15 is 0 Å². The van der Waals surface area contributed by atoms with Crippen LogP contribution in [0.3, 0.4) is 0 Å². The van der Waals surface area contributed by atoms with E-state index in [0.29, 0.717) is 28.2 Å². The minimum atomic E-state index is -0.243. The van der Waals surface area contributed by atoms with Gasteiger partial charge < -0.3 is 15.5 Å². The zero-order chi connectivity index (χ0) is 14.5. The molecule has 110 valence electrons. The summed E-state index contributed by atoms with van der Waals surface area (Å²) in [7, 11) is 2.12. The molecule has 20 heavy (non-hydrogen) atoms. The fourth-order valence-electron chi connectivity index (χ4n) is 2.26. The number of carbonyl (C=O) groups is 1. The van der Waals surface area contributed by atoms with Crippen molar-refractivity contribution in [1.82, 2.24) is 10.2 Å². The van der Waals surface area contributed by atoms with Crippen molar-refractivity contribution in [2.24, 2.45) is 5.92 Å². The van der Waals surface area contributed by atoms with Crippen LogP contribution < -0.4 is 10.6 Å². The number of benzene rings is 1. The summed E-state index contributed by atoms with van der Waals surface area (Å²) in [5, 5.41) is 6.63. The summed E-state index contributed by atoms with van der Waals surface area (Å²) >= 11 is 11.9. The van der Waals surface area contributed by atoms with E-state index in [2.05, 4.69) is 22.6 Å². The molecule has 1 aliphatic rings. The van der Waals surface area contributed by atoms with E-state index in [-0.39, 0.29) is 6.03 Å². The number of urea groups is 1. The summed E-state index contributed by atoms with van der Waals surface area (Å²) in [5.41, 5.74) is 0.528. The number of rotatable bonds is 3. The average molecular weight is 316 g/mol. The average Bonchev–Trinajstić information content (AvgIpc) is 2.42. The highest BCUT2D eigenvalue weighted by Crippen LogP contribution is 2.25. The van der Waals surface area contributed by atoms with Crippen molar-refractivity contribution in [3.63, 3.8) is 0 Å². The smallest absolute Gasteiger partial charge is 0.319 e. The lowest BCUT2D eigenvalue weighted by atomic mass is 9.97. The Morgan fingerprint density at radius 3 is 2.75 bits per heavy atom. The summed E-state index contributed by atoms with van der Waals surface area (Å²) in [6.45, 7) is 2.88. The molecule has 1 fully saturated rings. The Balaban J connectivity index is 1.79. The maximum atomic E-state index is 11.8. The molecule has 2 rings (SSSR count). The molecule has 0 aromatic heterocycles. The molecule has 6 heteroatoms. The molecule has 1 aliphatic heterocycles. The van der Waals surface area contributed by atoms with Crippen molar-refractivity contribution < 1.29 is 4.79 Å². The molecule has 0 bridgehead atoms. The van der Waals surface area contributed by atoms with Gasteiger partial charge in [-0.2, -0.15) is 0 Å². The summed E-state index contributed by atoms with van der Waals surface area (Å²) in [6.07, 6.45) is 2.24. The van der Waals surface area contributed by atoms with Crippen molar-refractivity contribution in [3.8, 4) is 0 Å². The zero-order valence-electron chi connectivity index (χ0n) is 11.5. The highest BCUT2D eigenvalue weighted by molar-refractivity contribution is 6.35. The third kappa shape index (κ3) is 4.54. The molecule has 2 N–H and O–H groups in total. The van der Waals surface area contributed by atoms with E-state index in [1.807, 2.05) is 0 Å². The van der Waals surface area contributed by atoms with Crippen LogP contribution in [0.25, 0.3) is 0 Å². The number of piperidine rings is 1. The number of carbonyl (C=O) groups excluding carboxylic acids is 1. The minimum Gasteiger partial charge on any atom is -0.338 e. The molecule has 0 aliphatic carbocycles. The predicted molar refractivity (Wildman–Crippen MR) is 83.7 cm³/mol. The van der Waals surface area contributed by atoms with E-state index < -0.39 is 0 Å². The number of hydrogen-bond donors (Lipinski definition) is 2. The standard InChI is InChI=1S/C14H19Cl2N3O/c1-19-6-4-10(5-7-19)9-17-14(20)18-13-8-11(15)2-3-12(13)16/h2-3,8,10H,4-7,9H2,1H3,(H2,17,18,20). The number of amides is 2. The third-order valence-corrected chi connectivity index (χ3v) is 4.13. The van der Waals surface area contributed by atoms with E-state index in [0.717, 1.165) is 25.9 Å². The van der Waals surface area contributed by atoms with Crippen LogP contribution in [0.5, 0.6) is 0 Å². The summed E-state index contributed by atoms with van der Waals surface area (Å²) < 4.78 is 0. The van der Waals surface area contributed by atoms with Gasteiger partial charge in [-0.25, -0.2) is 4.79 Å². The van der Waals surface area contributed by atoms with Gasteiger partial charge in [-0.3, -0.25) is 0 Å². The topological polar surface area (TPSA) is 44.4 Å². The first kappa shape index (κ1) is 15.4. The van der Waals surface area contributed by atoms with Crippen molar-refractivity contribution in [3.05, 3.63) is 28.2 Å². The molecule has 2 amide bonds. The molecule has 1 heterocycles. The van der Waals surface area contributed by atoms with E-state index in [1.165, 1.54) is 0 Å². The molecular formula is C14H19Cl2N3O. The number of likely N-dealkylation sites (tertiary alicyclic amines) is 1. The second-order valence-electron chi connectivity index (χ2n) is 5.21. The van der Waals surface area contributed by atoms with Crippen molar-refractivity contribution in [2.75, 3.05) is 32.0 Å². The number of nitrogens with zero attached hydrogens (tertiary/aromatic N) is 1. The highest BCUT2D eigenvalue weighted by atomic mass is 35.5. The molecule has 0 spiro atoms. The van der Waals surface area contributed by atoms with Gasteiger partial charge in [0.15, 0.2) is 0 Å². The van der Waals surface area contributed by atoms with Crippen molar-refractivity contribution in [1.29, 1.82) is 0 Å². The Morgan fingerprint density at radius 2 is 2.05 bits per heavy atom. The zero-order valence-corrected chi connectivity index (χ0v) is 13.0. The van der Waals surface area contributed by atoms with Gasteiger partial charge in [-0.15, -0.1) is 0 Å². The quantitative estimate of drug-likeness (QED) is 0.897. The van der Waals surface area contributed by atoms with Crippen LogP contribution >= 0.6 is 23.2 Å². The predicted octanol–water partition coefficient (Wildman–Crippen LogP) is 3.46. The van der Waals surface area contributed by atoms with Crippen LogP contribution in [0.4, 0.5) is 10.5 Å². The second-order valence-corrected chi connectivity index (χ2v) is 6.05. The number of nitrogens with one attached hydrogen (secondary N) is 2. The van der Waals surface area contributed by atoms with Crippen LogP contribution in [-0.4, -0.2) is 37.6 Å². The molecule has 1 aromatic rings. The Labute approximate surface area is 129 Å². The van der Waals surface area contributed by atoms with Crippen molar-refractivity contribution in [2.45, 2.75) is 12.8 Å². The number of anilines is 1. The van der Waals surface area contributed by atoms with Gasteiger partial charge in [-0.05, 0) is 57.1 Å². The summed E-state index contributed by atoms with van der Waals surface area (Å²) in [5.74, 6) is 0.548. The maximum absolute atomic E-state index is 11.8. The Kier molecular flexibility index (Phi) is 5.52. The Hall–Kier alpha value is -0.970. The molecule has 1 aromatic carbocycles. The van der Waals surface area contributed by atoms with Crippen molar-refractivity contribution >= 4 is 34.9 Å². The fraction of sp³-hybridized carbons (Fsp3) is 0.500. The van der Waals surface area contributed by atoms with Gasteiger partial charge in [0.05, 0.1) is 10.7 Å². The van der Waals surface area contributed by atoms with Gasteiger partial charge in [0, 0.05) is 11.6 Å². The lowest BCUT2D eigenvalue weighted by Crippen LogP contribution is -2.38. The minimum absolute atomic E-state index is 0.243. The molecule has 0 radical (unpaired) electrons. The highest BCUT2D eigenvalue weighted by Gasteiger charge is 2.17. The van der Waals surface area contributed by atoms with E-state index in [1.54, 1.807) is 18.2 Å². The number of hydrogen-bond acceptors (Lipinski definition) is 2. The van der Waals surface area contributed by atoms with Gasteiger partial charge >= 0.3 is 6.03 Å². The molecule has 1 saturated heterocycles. The first-order valence-corrected chi connectivity index (χ1v) is 7.48. The molecule has 0 saturated carbocycles. The normalized spacial score (nSPS) is 16.9. The first-order chi connectivity index (χ1) is 9.54. The summed E-state index contributed by atoms with van der Waals surface area (Å²) in [4.78, 5) is 14.2. The lowest BCUT2D eigenvalue weighted by Gasteiger charge is -2.28. The van der Waals surface area contributed by atoms with Gasteiger partial charge in [0.2, 0.25) is 0 Å². The SMILES string of the molecule is CN1CCC(CNC(=O)Nc2cc(Cl)ccc2Cl)CC1. The van der Waals surface area contributed by atoms with Gasteiger partial charge in [0.25, 0.3) is 0 Å². The summed E-state index contributed by atoms with van der Waals surface area (Å²) in [6, 6.07) is 4.74. The van der Waals surface area contributed by atoms with Crippen LogP contribution in [0.15, 0.2) is 18.2 Å². The Morgan fingerprint density at radius 1 is 1.35 bits per heavy atom. The third-order valence-electron chi connectivity index (χ3n) is 3.57. The first-order valence-electron chi connectivity index (χ1n) is 6.73. The monoisotopic (exact) mass is 315 g/mol. The van der Waals surface area contributed by atoms with Crippen LogP contribution in [0.1, 0.15) is 12.8 Å². The van der Waals surface area contributed by atoms with Crippen LogP contribution in [0.2, 0.25) is 10.0 Å².